The number of hydrogen-bond donors (Lipinski definition) is 9. The molecule has 0 fully saturated rings. The first kappa shape index (κ1) is 30.1. The number of para-hydroxylation sites is 1. The van der Waals surface area contributed by atoms with Crippen molar-refractivity contribution in [2.75, 3.05) is 12.3 Å². The van der Waals surface area contributed by atoms with Crippen molar-refractivity contribution in [1.29, 1.82) is 0 Å². The third kappa shape index (κ3) is 8.74. The van der Waals surface area contributed by atoms with Gasteiger partial charge in [0.2, 0.25) is 17.7 Å². The van der Waals surface area contributed by atoms with Gasteiger partial charge in [-0.15, -0.1) is 0 Å². The Bertz CT molecular complexity index is 1080. The van der Waals surface area contributed by atoms with Crippen LogP contribution in [0.1, 0.15) is 31.7 Å². The summed E-state index contributed by atoms with van der Waals surface area (Å²) in [5.74, 6) is -3.50. The SMILES string of the molecule is CC(O)C(N)C(=O)NC(CCCCN)C(=O)NC(Cc1c[nH]c2ccccc12)C(=O)NC(CS)C(=O)O. The molecule has 1 heterocycles. The second kappa shape index (κ2) is 14.6. The Morgan fingerprint density at radius 3 is 2.24 bits per heavy atom. The maximum Gasteiger partial charge on any atom is 0.327 e. The number of H-pyrrole nitrogens is 1. The van der Waals surface area contributed by atoms with E-state index in [0.717, 1.165) is 16.5 Å². The molecule has 0 aliphatic rings. The summed E-state index contributed by atoms with van der Waals surface area (Å²) in [5.41, 5.74) is 12.8. The lowest BCUT2D eigenvalue weighted by molar-refractivity contribution is -0.141. The molecule has 2 aromatic rings. The number of nitrogens with one attached hydrogen (secondary N) is 4. The molecule has 2 rings (SSSR count). The molecule has 10 N–H and O–H groups in total. The van der Waals surface area contributed by atoms with Crippen LogP contribution in [-0.4, -0.2) is 81.5 Å². The predicted octanol–water partition coefficient (Wildman–Crippen LogP) is -0.984. The van der Waals surface area contributed by atoms with E-state index in [1.54, 1.807) is 6.20 Å². The van der Waals surface area contributed by atoms with Crippen molar-refractivity contribution in [3.63, 3.8) is 0 Å². The van der Waals surface area contributed by atoms with E-state index in [2.05, 4.69) is 33.6 Å². The first-order valence-electron chi connectivity index (χ1n) is 12.0. The number of amides is 3. The van der Waals surface area contributed by atoms with Gasteiger partial charge in [0.1, 0.15) is 24.2 Å². The second-order valence-electron chi connectivity index (χ2n) is 8.82. The summed E-state index contributed by atoms with van der Waals surface area (Å²) in [6.07, 6.45) is 1.96. The van der Waals surface area contributed by atoms with Crippen LogP contribution in [0.2, 0.25) is 0 Å². The minimum Gasteiger partial charge on any atom is -0.480 e. The molecule has 0 aliphatic heterocycles. The van der Waals surface area contributed by atoms with Crippen LogP contribution < -0.4 is 27.4 Å². The Morgan fingerprint density at radius 1 is 1.00 bits per heavy atom. The van der Waals surface area contributed by atoms with Crippen molar-refractivity contribution < 1.29 is 29.4 Å². The molecule has 0 bridgehead atoms. The number of carbonyl (C=O) groups excluding carboxylic acids is 3. The average Bonchev–Trinajstić information content (AvgIpc) is 3.28. The zero-order valence-corrected chi connectivity index (χ0v) is 21.5. The smallest absolute Gasteiger partial charge is 0.327 e. The highest BCUT2D eigenvalue weighted by atomic mass is 32.1. The number of rotatable bonds is 15. The van der Waals surface area contributed by atoms with E-state index in [-0.39, 0.29) is 18.6 Å². The summed E-state index contributed by atoms with van der Waals surface area (Å²) >= 11 is 3.98. The standard InChI is InChI=1S/C24H36N6O6S/c1-13(31)20(26)23(34)28-17(8-4-5-9-25)21(32)29-18(22(33)30-19(12-37)24(35)36)10-14-11-27-16-7-3-2-6-15(14)16/h2-3,6-7,11,13,17-20,27,31,37H,4-5,8-10,12,25-26H2,1H3,(H,28,34)(H,29,32)(H,30,33)(H,35,36). The van der Waals surface area contributed by atoms with Gasteiger partial charge in [-0.25, -0.2) is 4.79 Å². The zero-order valence-electron chi connectivity index (χ0n) is 20.6. The molecule has 3 amide bonds. The van der Waals surface area contributed by atoms with Gasteiger partial charge in [-0.2, -0.15) is 12.6 Å². The Balaban J connectivity index is 2.29. The van der Waals surface area contributed by atoms with Gasteiger partial charge >= 0.3 is 5.97 Å². The quantitative estimate of drug-likeness (QED) is 0.102. The van der Waals surface area contributed by atoms with Crippen LogP contribution in [0.15, 0.2) is 30.5 Å². The summed E-state index contributed by atoms with van der Waals surface area (Å²) in [5, 5.41) is 27.4. The monoisotopic (exact) mass is 536 g/mol. The van der Waals surface area contributed by atoms with Gasteiger partial charge in [0.15, 0.2) is 0 Å². The average molecular weight is 537 g/mol. The highest BCUT2D eigenvalue weighted by Gasteiger charge is 2.31. The minimum atomic E-state index is -1.26. The van der Waals surface area contributed by atoms with E-state index < -0.39 is 54.0 Å². The maximum atomic E-state index is 13.3. The number of aromatic nitrogens is 1. The van der Waals surface area contributed by atoms with E-state index in [1.165, 1.54) is 6.92 Å². The maximum absolute atomic E-state index is 13.3. The second-order valence-corrected chi connectivity index (χ2v) is 9.18. The number of unbranched alkanes of at least 4 members (excludes halogenated alkanes) is 1. The summed E-state index contributed by atoms with van der Waals surface area (Å²) in [6, 6.07) is 2.69. The van der Waals surface area contributed by atoms with E-state index in [4.69, 9.17) is 11.5 Å². The van der Waals surface area contributed by atoms with Crippen LogP contribution in [0.4, 0.5) is 0 Å². The van der Waals surface area contributed by atoms with Crippen LogP contribution in [0, 0.1) is 0 Å². The number of carboxylic acids is 1. The van der Waals surface area contributed by atoms with Crippen LogP contribution in [0.5, 0.6) is 0 Å². The molecule has 5 atom stereocenters. The number of aliphatic hydroxyl groups is 1. The van der Waals surface area contributed by atoms with Crippen LogP contribution in [-0.2, 0) is 25.6 Å². The lowest BCUT2D eigenvalue weighted by Gasteiger charge is -2.25. The Morgan fingerprint density at radius 2 is 1.62 bits per heavy atom. The fourth-order valence-corrected chi connectivity index (χ4v) is 3.96. The summed E-state index contributed by atoms with van der Waals surface area (Å²) in [7, 11) is 0. The number of aromatic amines is 1. The van der Waals surface area contributed by atoms with Crippen molar-refractivity contribution >= 4 is 47.2 Å². The van der Waals surface area contributed by atoms with Gasteiger partial charge in [0.05, 0.1) is 6.10 Å². The molecule has 1 aromatic heterocycles. The molecule has 0 saturated carbocycles. The zero-order chi connectivity index (χ0) is 27.5. The third-order valence-electron chi connectivity index (χ3n) is 5.93. The number of nitrogens with two attached hydrogens (primary N) is 2. The largest absolute Gasteiger partial charge is 0.480 e. The van der Waals surface area contributed by atoms with Crippen molar-refractivity contribution in [2.45, 2.75) is 62.9 Å². The Hall–Kier alpha value is -3.13. The summed E-state index contributed by atoms with van der Waals surface area (Å²) < 4.78 is 0. The highest BCUT2D eigenvalue weighted by molar-refractivity contribution is 7.80. The Kier molecular flexibility index (Phi) is 11.9. The first-order valence-corrected chi connectivity index (χ1v) is 12.7. The topological polar surface area (TPSA) is 213 Å². The number of carboxylic acid groups (broad SMARTS) is 1. The molecule has 204 valence electrons. The molecule has 1 aromatic carbocycles. The van der Waals surface area contributed by atoms with Gasteiger partial charge in [-0.1, -0.05) is 18.2 Å². The van der Waals surface area contributed by atoms with Gasteiger partial charge in [-0.05, 0) is 44.4 Å². The minimum absolute atomic E-state index is 0.0527. The van der Waals surface area contributed by atoms with Gasteiger partial charge in [0, 0.05) is 29.3 Å². The van der Waals surface area contributed by atoms with Crippen LogP contribution in [0.25, 0.3) is 10.9 Å². The number of fused-ring (bicyclic) bond motifs is 1. The summed E-state index contributed by atoms with van der Waals surface area (Å²) in [4.78, 5) is 53.4. The number of aliphatic carboxylic acids is 1. The third-order valence-corrected chi connectivity index (χ3v) is 6.30. The molecule has 37 heavy (non-hydrogen) atoms. The fraction of sp³-hybridized carbons (Fsp3) is 0.500. The van der Waals surface area contributed by atoms with Gasteiger partial charge in [0.25, 0.3) is 0 Å². The van der Waals surface area contributed by atoms with Gasteiger partial charge < -0.3 is 42.6 Å². The predicted molar refractivity (Wildman–Crippen MR) is 142 cm³/mol. The van der Waals surface area contributed by atoms with Crippen molar-refractivity contribution in [3.8, 4) is 0 Å². The molecular weight excluding hydrogens is 500 g/mol. The van der Waals surface area contributed by atoms with Crippen LogP contribution >= 0.6 is 12.6 Å². The van der Waals surface area contributed by atoms with E-state index in [9.17, 15) is 29.4 Å². The van der Waals surface area contributed by atoms with E-state index in [0.29, 0.717) is 19.4 Å². The molecule has 13 heteroatoms. The van der Waals surface area contributed by atoms with Crippen molar-refractivity contribution in [3.05, 3.63) is 36.0 Å². The first-order chi connectivity index (χ1) is 17.6. The Labute approximate surface area is 220 Å². The number of hydrogen-bond acceptors (Lipinski definition) is 8. The molecule has 0 spiro atoms. The molecule has 5 unspecified atom stereocenters. The number of thiol groups is 1. The number of aliphatic hydroxyl groups excluding tert-OH is 1. The van der Waals surface area contributed by atoms with E-state index in [1.807, 2.05) is 24.3 Å². The molecular formula is C24H36N6O6S. The van der Waals surface area contributed by atoms with Crippen molar-refractivity contribution in [1.82, 2.24) is 20.9 Å². The molecule has 0 aliphatic carbocycles. The van der Waals surface area contributed by atoms with Crippen LogP contribution in [0.3, 0.4) is 0 Å². The molecule has 12 nitrogen and oxygen atoms in total. The fourth-order valence-electron chi connectivity index (χ4n) is 3.71. The normalized spacial score (nSPS) is 15.3. The molecule has 0 radical (unpaired) electrons. The van der Waals surface area contributed by atoms with Crippen molar-refractivity contribution in [2.24, 2.45) is 11.5 Å². The van der Waals surface area contributed by atoms with Gasteiger partial charge in [-0.3, -0.25) is 14.4 Å². The van der Waals surface area contributed by atoms with E-state index >= 15 is 0 Å². The summed E-state index contributed by atoms with van der Waals surface area (Å²) in [6.45, 7) is 1.75. The lowest BCUT2D eigenvalue weighted by atomic mass is 10.0. The lowest BCUT2D eigenvalue weighted by Crippen LogP contribution is -2.58. The highest BCUT2D eigenvalue weighted by Crippen LogP contribution is 2.19. The number of benzene rings is 1. The molecule has 0 saturated heterocycles. The number of carbonyl (C=O) groups is 4.